The zero-order chi connectivity index (χ0) is 13.2. The fourth-order valence-corrected chi connectivity index (χ4v) is 2.57. The van der Waals surface area contributed by atoms with Gasteiger partial charge in [0.15, 0.2) is 0 Å². The molecule has 1 nitrogen and oxygen atoms in total. The fourth-order valence-electron chi connectivity index (χ4n) is 1.83. The van der Waals surface area contributed by atoms with Crippen LogP contribution in [0.2, 0.25) is 5.02 Å². The second-order valence-corrected chi connectivity index (χ2v) is 5.28. The minimum Gasteiger partial charge on any atom is -0.234 e. The minimum absolute atomic E-state index is 0.282. The highest BCUT2D eigenvalue weighted by atomic mass is 35.5. The Morgan fingerprint density at radius 1 is 1.05 bits per heavy atom. The Bertz CT molecular complexity index is 693. The molecule has 19 heavy (non-hydrogen) atoms. The van der Waals surface area contributed by atoms with Gasteiger partial charge in [0.2, 0.25) is 0 Å². The summed E-state index contributed by atoms with van der Waals surface area (Å²) in [6.07, 6.45) is 2.70. The van der Waals surface area contributed by atoms with Gasteiger partial charge in [-0.15, -0.1) is 11.3 Å². The van der Waals surface area contributed by atoms with Crippen LogP contribution in [0.15, 0.2) is 47.8 Å². The number of benzene rings is 2. The van der Waals surface area contributed by atoms with E-state index in [4.69, 9.17) is 11.6 Å². The molecule has 3 aromatic rings. The molecule has 2 aromatic carbocycles. The van der Waals surface area contributed by atoms with Gasteiger partial charge >= 0.3 is 0 Å². The summed E-state index contributed by atoms with van der Waals surface area (Å²) in [4.78, 5) is 4.00. The van der Waals surface area contributed by atoms with Crippen molar-refractivity contribution in [3.63, 3.8) is 0 Å². The molecule has 4 heteroatoms. The summed E-state index contributed by atoms with van der Waals surface area (Å²) in [6, 6.07) is 12.5. The summed E-state index contributed by atoms with van der Waals surface area (Å²) in [5.41, 5.74) is 2.25. The van der Waals surface area contributed by atoms with Crippen molar-refractivity contribution in [2.75, 3.05) is 0 Å². The molecule has 0 aliphatic heterocycles. The van der Waals surface area contributed by atoms with Gasteiger partial charge in [-0.25, -0.2) is 9.37 Å². The second kappa shape index (κ2) is 5.11. The molecule has 0 spiro atoms. The molecule has 1 aromatic heterocycles. The van der Waals surface area contributed by atoms with Crippen LogP contribution >= 0.6 is 22.9 Å². The van der Waals surface area contributed by atoms with Crippen molar-refractivity contribution in [3.05, 3.63) is 64.9 Å². The van der Waals surface area contributed by atoms with Gasteiger partial charge in [-0.3, -0.25) is 0 Å². The van der Waals surface area contributed by atoms with Gasteiger partial charge in [-0.1, -0.05) is 29.8 Å². The molecule has 3 rings (SSSR count). The van der Waals surface area contributed by atoms with Crippen molar-refractivity contribution in [1.29, 1.82) is 0 Å². The first kappa shape index (κ1) is 12.3. The van der Waals surface area contributed by atoms with Crippen LogP contribution in [0, 0.1) is 12.0 Å². The standard InChI is InChI=1S/C15H8ClFNS/c16-12-4-1-10(2-5-12)11-3-6-13(14(17)9-11)15-18-7-8-19-15/h1-6,8-9H. The summed E-state index contributed by atoms with van der Waals surface area (Å²) in [7, 11) is 0. The van der Waals surface area contributed by atoms with Gasteiger partial charge in [0.25, 0.3) is 0 Å². The van der Waals surface area contributed by atoms with E-state index in [1.807, 2.05) is 18.2 Å². The van der Waals surface area contributed by atoms with Crippen LogP contribution < -0.4 is 0 Å². The highest BCUT2D eigenvalue weighted by molar-refractivity contribution is 7.13. The van der Waals surface area contributed by atoms with Crippen molar-refractivity contribution in [3.8, 4) is 21.7 Å². The van der Waals surface area contributed by atoms with Gasteiger partial charge in [0, 0.05) is 16.0 Å². The first-order chi connectivity index (χ1) is 9.24. The lowest BCUT2D eigenvalue weighted by molar-refractivity contribution is 0.631. The van der Waals surface area contributed by atoms with Crippen LogP contribution in [-0.2, 0) is 0 Å². The van der Waals surface area contributed by atoms with Crippen LogP contribution in [0.4, 0.5) is 4.39 Å². The SMILES string of the molecule is Fc1cc(-c2ccc(Cl)cc2)ccc1-c1n[c]cs1. The number of aromatic nitrogens is 1. The largest absolute Gasteiger partial charge is 0.234 e. The van der Waals surface area contributed by atoms with E-state index < -0.39 is 0 Å². The monoisotopic (exact) mass is 288 g/mol. The molecular weight excluding hydrogens is 281 g/mol. The lowest BCUT2D eigenvalue weighted by Crippen LogP contribution is -1.86. The third-order valence-electron chi connectivity index (χ3n) is 2.77. The van der Waals surface area contributed by atoms with Crippen molar-refractivity contribution >= 4 is 22.9 Å². The van der Waals surface area contributed by atoms with Crippen LogP contribution in [-0.4, -0.2) is 4.98 Å². The first-order valence-corrected chi connectivity index (χ1v) is 6.87. The summed E-state index contributed by atoms with van der Waals surface area (Å²) in [6.45, 7) is 0. The maximum absolute atomic E-state index is 14.1. The zero-order valence-corrected chi connectivity index (χ0v) is 11.3. The summed E-state index contributed by atoms with van der Waals surface area (Å²) in [5.74, 6) is -0.282. The molecule has 1 heterocycles. The summed E-state index contributed by atoms with van der Waals surface area (Å²) >= 11 is 7.21. The average molecular weight is 289 g/mol. The van der Waals surface area contributed by atoms with Crippen molar-refractivity contribution in [1.82, 2.24) is 4.98 Å². The Hall–Kier alpha value is -1.71. The topological polar surface area (TPSA) is 12.9 Å². The van der Waals surface area contributed by atoms with E-state index in [0.29, 0.717) is 15.6 Å². The van der Waals surface area contributed by atoms with E-state index in [1.54, 1.807) is 23.6 Å². The number of halogens is 2. The van der Waals surface area contributed by atoms with E-state index in [-0.39, 0.29) is 5.82 Å². The number of rotatable bonds is 2. The number of hydrogen-bond acceptors (Lipinski definition) is 2. The van der Waals surface area contributed by atoms with Crippen LogP contribution in [0.5, 0.6) is 0 Å². The molecule has 0 atom stereocenters. The van der Waals surface area contributed by atoms with Crippen molar-refractivity contribution < 1.29 is 4.39 Å². The maximum atomic E-state index is 14.1. The Morgan fingerprint density at radius 2 is 1.79 bits per heavy atom. The third-order valence-corrected chi connectivity index (χ3v) is 3.78. The fraction of sp³-hybridized carbons (Fsp3) is 0. The van der Waals surface area contributed by atoms with E-state index in [2.05, 4.69) is 11.2 Å². The smallest absolute Gasteiger partial charge is 0.134 e. The molecule has 0 N–H and O–H groups in total. The summed E-state index contributed by atoms with van der Waals surface area (Å²) < 4.78 is 14.1. The Balaban J connectivity index is 2.02. The maximum Gasteiger partial charge on any atom is 0.134 e. The van der Waals surface area contributed by atoms with Gasteiger partial charge in [0.1, 0.15) is 17.0 Å². The molecule has 0 aliphatic rings. The van der Waals surface area contributed by atoms with Crippen LogP contribution in [0.3, 0.4) is 0 Å². The quantitative estimate of drug-likeness (QED) is 0.641. The molecule has 0 unspecified atom stereocenters. The number of hydrogen-bond donors (Lipinski definition) is 0. The molecule has 0 aliphatic carbocycles. The van der Waals surface area contributed by atoms with Crippen molar-refractivity contribution in [2.24, 2.45) is 0 Å². The van der Waals surface area contributed by atoms with Gasteiger partial charge in [0.05, 0.1) is 0 Å². The zero-order valence-electron chi connectivity index (χ0n) is 9.73. The molecular formula is C15H8ClFNS. The molecule has 0 saturated heterocycles. The predicted octanol–water partition coefficient (Wildman–Crippen LogP) is 5.07. The molecule has 0 bridgehead atoms. The average Bonchev–Trinajstić information content (AvgIpc) is 2.93. The Morgan fingerprint density at radius 3 is 2.42 bits per heavy atom. The van der Waals surface area contributed by atoms with Crippen LogP contribution in [0.25, 0.3) is 21.7 Å². The second-order valence-electron chi connectivity index (χ2n) is 3.98. The van der Waals surface area contributed by atoms with Crippen molar-refractivity contribution in [2.45, 2.75) is 0 Å². The molecule has 1 radical (unpaired) electrons. The normalized spacial score (nSPS) is 10.6. The predicted molar refractivity (Wildman–Crippen MR) is 76.8 cm³/mol. The highest BCUT2D eigenvalue weighted by Gasteiger charge is 2.09. The molecule has 0 fully saturated rings. The van der Waals surface area contributed by atoms with E-state index >= 15 is 0 Å². The van der Waals surface area contributed by atoms with E-state index in [1.165, 1.54) is 17.4 Å². The molecule has 93 valence electrons. The van der Waals surface area contributed by atoms with E-state index in [0.717, 1.165) is 11.1 Å². The minimum atomic E-state index is -0.282. The lowest BCUT2D eigenvalue weighted by Gasteiger charge is -2.05. The Kier molecular flexibility index (Phi) is 3.32. The van der Waals surface area contributed by atoms with E-state index in [9.17, 15) is 4.39 Å². The van der Waals surface area contributed by atoms with Crippen LogP contribution in [0.1, 0.15) is 0 Å². The third kappa shape index (κ3) is 2.53. The lowest BCUT2D eigenvalue weighted by atomic mass is 10.0. The number of thiazole rings is 1. The van der Waals surface area contributed by atoms with Gasteiger partial charge in [-0.2, -0.15) is 0 Å². The first-order valence-electron chi connectivity index (χ1n) is 5.61. The van der Waals surface area contributed by atoms with Gasteiger partial charge in [-0.05, 0) is 35.4 Å². The molecule has 0 amide bonds. The number of nitrogens with zero attached hydrogens (tertiary/aromatic N) is 1. The summed E-state index contributed by atoms with van der Waals surface area (Å²) in [5, 5.41) is 3.02. The highest BCUT2D eigenvalue weighted by Crippen LogP contribution is 2.29. The Labute approximate surface area is 119 Å². The van der Waals surface area contributed by atoms with Gasteiger partial charge < -0.3 is 0 Å². The molecule has 0 saturated carbocycles.